The Morgan fingerprint density at radius 3 is 2.93 bits per heavy atom. The minimum atomic E-state index is 0.0744. The van der Waals surface area contributed by atoms with Crippen LogP contribution in [0.1, 0.15) is 25.7 Å². The molecule has 2 rings (SSSR count). The summed E-state index contributed by atoms with van der Waals surface area (Å²) in [7, 11) is 0. The lowest BCUT2D eigenvalue weighted by molar-refractivity contribution is -0.117. The van der Waals surface area contributed by atoms with Crippen LogP contribution in [0.15, 0.2) is 22.8 Å². The van der Waals surface area contributed by atoms with Gasteiger partial charge in [-0.05, 0) is 46.8 Å². The summed E-state index contributed by atoms with van der Waals surface area (Å²) in [6.45, 7) is 0. The number of hydrogen-bond donors (Lipinski definition) is 1. The number of hydrogen-bond acceptors (Lipinski definition) is 2. The molecule has 4 heteroatoms. The van der Waals surface area contributed by atoms with Gasteiger partial charge in [0, 0.05) is 6.42 Å². The fraction of sp³-hybridized carbons (Fsp3) is 0.455. The predicted molar refractivity (Wildman–Crippen MR) is 62.5 cm³/mol. The lowest BCUT2D eigenvalue weighted by Crippen LogP contribution is -2.21. The molecule has 1 aliphatic carbocycles. The SMILES string of the molecule is O=C(CC1CCC1)Nc1cccc(Br)n1. The van der Waals surface area contributed by atoms with Crippen LogP contribution in [0.2, 0.25) is 0 Å². The van der Waals surface area contributed by atoms with E-state index < -0.39 is 0 Å². The number of halogens is 1. The fourth-order valence-electron chi connectivity index (χ4n) is 1.63. The predicted octanol–water partition coefficient (Wildman–Crippen LogP) is 2.97. The van der Waals surface area contributed by atoms with Crippen molar-refractivity contribution in [3.05, 3.63) is 22.8 Å². The second-order valence-electron chi connectivity index (χ2n) is 3.89. The molecule has 0 atom stereocenters. The molecule has 1 amide bonds. The Morgan fingerprint density at radius 1 is 1.53 bits per heavy atom. The molecule has 1 N–H and O–H groups in total. The summed E-state index contributed by atoms with van der Waals surface area (Å²) in [5, 5.41) is 2.80. The highest BCUT2D eigenvalue weighted by Gasteiger charge is 2.20. The van der Waals surface area contributed by atoms with E-state index in [-0.39, 0.29) is 5.91 Å². The van der Waals surface area contributed by atoms with Crippen LogP contribution >= 0.6 is 15.9 Å². The van der Waals surface area contributed by atoms with Crippen molar-refractivity contribution < 1.29 is 4.79 Å². The number of pyridine rings is 1. The molecule has 15 heavy (non-hydrogen) atoms. The van der Waals surface area contributed by atoms with Gasteiger partial charge in [-0.25, -0.2) is 4.98 Å². The van der Waals surface area contributed by atoms with Crippen LogP contribution in [0.3, 0.4) is 0 Å². The normalized spacial score (nSPS) is 15.8. The van der Waals surface area contributed by atoms with Gasteiger partial charge in [-0.1, -0.05) is 12.5 Å². The van der Waals surface area contributed by atoms with E-state index in [0.717, 1.165) is 4.60 Å². The maximum Gasteiger partial charge on any atom is 0.225 e. The molecule has 1 aromatic rings. The molecule has 80 valence electrons. The zero-order chi connectivity index (χ0) is 10.7. The number of nitrogens with one attached hydrogen (secondary N) is 1. The first kappa shape index (κ1) is 10.6. The topological polar surface area (TPSA) is 42.0 Å². The third-order valence-corrected chi connectivity index (χ3v) is 3.12. The van der Waals surface area contributed by atoms with Crippen molar-refractivity contribution in [3.63, 3.8) is 0 Å². The van der Waals surface area contributed by atoms with E-state index in [9.17, 15) is 4.79 Å². The van der Waals surface area contributed by atoms with Crippen LogP contribution in [0.5, 0.6) is 0 Å². The van der Waals surface area contributed by atoms with E-state index in [1.807, 2.05) is 12.1 Å². The maximum atomic E-state index is 11.6. The first-order valence-corrected chi connectivity index (χ1v) is 5.96. The third-order valence-electron chi connectivity index (χ3n) is 2.68. The summed E-state index contributed by atoms with van der Waals surface area (Å²) >= 11 is 3.27. The first-order valence-electron chi connectivity index (χ1n) is 5.16. The van der Waals surface area contributed by atoms with E-state index in [1.54, 1.807) is 6.07 Å². The summed E-state index contributed by atoms with van der Waals surface area (Å²) < 4.78 is 0.740. The molecule has 1 heterocycles. The Hall–Kier alpha value is -0.900. The van der Waals surface area contributed by atoms with E-state index in [1.165, 1.54) is 19.3 Å². The van der Waals surface area contributed by atoms with Gasteiger partial charge in [0.25, 0.3) is 0 Å². The van der Waals surface area contributed by atoms with Gasteiger partial charge in [-0.3, -0.25) is 4.79 Å². The third kappa shape index (κ3) is 3.02. The Bertz CT molecular complexity index is 363. The van der Waals surface area contributed by atoms with E-state index in [4.69, 9.17) is 0 Å². The van der Waals surface area contributed by atoms with Crippen LogP contribution < -0.4 is 5.32 Å². The van der Waals surface area contributed by atoms with E-state index in [2.05, 4.69) is 26.2 Å². The maximum absolute atomic E-state index is 11.6. The summed E-state index contributed by atoms with van der Waals surface area (Å²) in [6.07, 6.45) is 4.29. The van der Waals surface area contributed by atoms with Crippen molar-refractivity contribution >= 4 is 27.7 Å². The molecule has 0 aromatic carbocycles. The molecule has 1 aromatic heterocycles. The smallest absolute Gasteiger partial charge is 0.225 e. The highest BCUT2D eigenvalue weighted by atomic mass is 79.9. The lowest BCUT2D eigenvalue weighted by Gasteiger charge is -2.24. The molecule has 1 fully saturated rings. The minimum Gasteiger partial charge on any atom is -0.311 e. The average Bonchev–Trinajstić information content (AvgIpc) is 2.11. The monoisotopic (exact) mass is 268 g/mol. The van der Waals surface area contributed by atoms with Crippen LogP contribution in [-0.4, -0.2) is 10.9 Å². The van der Waals surface area contributed by atoms with Gasteiger partial charge in [0.05, 0.1) is 0 Å². The molecule has 0 unspecified atom stereocenters. The summed E-state index contributed by atoms with van der Waals surface area (Å²) in [6, 6.07) is 5.49. The summed E-state index contributed by atoms with van der Waals surface area (Å²) in [4.78, 5) is 15.7. The number of rotatable bonds is 3. The molecular weight excluding hydrogens is 256 g/mol. The largest absolute Gasteiger partial charge is 0.311 e. The van der Waals surface area contributed by atoms with Crippen molar-refractivity contribution in [2.45, 2.75) is 25.7 Å². The molecule has 0 saturated heterocycles. The van der Waals surface area contributed by atoms with Gasteiger partial charge in [-0.2, -0.15) is 0 Å². The van der Waals surface area contributed by atoms with Crippen molar-refractivity contribution in [3.8, 4) is 0 Å². The first-order chi connectivity index (χ1) is 7.24. The number of carbonyl (C=O) groups excluding carboxylic acids is 1. The zero-order valence-electron chi connectivity index (χ0n) is 8.37. The molecule has 3 nitrogen and oxygen atoms in total. The quantitative estimate of drug-likeness (QED) is 0.857. The Labute approximate surface area is 97.4 Å². The minimum absolute atomic E-state index is 0.0744. The molecule has 1 saturated carbocycles. The molecule has 1 aliphatic rings. The van der Waals surface area contributed by atoms with Gasteiger partial charge in [0.15, 0.2) is 0 Å². The van der Waals surface area contributed by atoms with Crippen LogP contribution in [0, 0.1) is 5.92 Å². The highest BCUT2D eigenvalue weighted by molar-refractivity contribution is 9.10. The second kappa shape index (κ2) is 4.75. The van der Waals surface area contributed by atoms with Crippen LogP contribution in [-0.2, 0) is 4.79 Å². The number of carbonyl (C=O) groups is 1. The van der Waals surface area contributed by atoms with Crippen molar-refractivity contribution in [2.24, 2.45) is 5.92 Å². The van der Waals surface area contributed by atoms with Crippen molar-refractivity contribution in [1.29, 1.82) is 0 Å². The van der Waals surface area contributed by atoms with E-state index in [0.29, 0.717) is 18.2 Å². The Morgan fingerprint density at radius 2 is 2.33 bits per heavy atom. The second-order valence-corrected chi connectivity index (χ2v) is 4.71. The fourth-order valence-corrected chi connectivity index (χ4v) is 1.97. The van der Waals surface area contributed by atoms with Crippen LogP contribution in [0.4, 0.5) is 5.82 Å². The van der Waals surface area contributed by atoms with Gasteiger partial charge >= 0.3 is 0 Å². The van der Waals surface area contributed by atoms with Crippen molar-refractivity contribution in [2.75, 3.05) is 5.32 Å². The number of amides is 1. The lowest BCUT2D eigenvalue weighted by atomic mass is 9.83. The molecular formula is C11H13BrN2O. The van der Waals surface area contributed by atoms with Crippen LogP contribution in [0.25, 0.3) is 0 Å². The van der Waals surface area contributed by atoms with Gasteiger partial charge in [0.2, 0.25) is 5.91 Å². The number of aromatic nitrogens is 1. The Kier molecular flexibility index (Phi) is 3.36. The van der Waals surface area contributed by atoms with Gasteiger partial charge < -0.3 is 5.32 Å². The average molecular weight is 269 g/mol. The standard InChI is InChI=1S/C11H13BrN2O/c12-9-5-2-6-10(13-9)14-11(15)7-8-3-1-4-8/h2,5-6,8H,1,3-4,7H2,(H,13,14,15). The van der Waals surface area contributed by atoms with Gasteiger partial charge in [0.1, 0.15) is 10.4 Å². The zero-order valence-corrected chi connectivity index (χ0v) is 9.96. The highest BCUT2D eigenvalue weighted by Crippen LogP contribution is 2.29. The van der Waals surface area contributed by atoms with E-state index >= 15 is 0 Å². The Balaban J connectivity index is 1.87. The molecule has 0 bridgehead atoms. The van der Waals surface area contributed by atoms with Gasteiger partial charge in [-0.15, -0.1) is 0 Å². The molecule has 0 aliphatic heterocycles. The summed E-state index contributed by atoms with van der Waals surface area (Å²) in [5.74, 6) is 1.29. The summed E-state index contributed by atoms with van der Waals surface area (Å²) in [5.41, 5.74) is 0. The van der Waals surface area contributed by atoms with Crippen molar-refractivity contribution in [1.82, 2.24) is 4.98 Å². The molecule has 0 spiro atoms. The number of anilines is 1. The molecule has 0 radical (unpaired) electrons. The number of nitrogens with zero attached hydrogens (tertiary/aromatic N) is 1.